The lowest BCUT2D eigenvalue weighted by atomic mass is 10.0. The molecule has 3 rings (SSSR count). The number of benzene rings is 3. The zero-order valence-electron chi connectivity index (χ0n) is 17.4. The third kappa shape index (κ3) is 6.34. The van der Waals surface area contributed by atoms with Crippen molar-refractivity contribution in [1.82, 2.24) is 0 Å². The summed E-state index contributed by atoms with van der Waals surface area (Å²) in [5.74, 6) is -1.89. The average molecular weight is 464 g/mol. The summed E-state index contributed by atoms with van der Waals surface area (Å²) in [6.45, 7) is -0.416. The second-order valence-corrected chi connectivity index (χ2v) is 8.49. The maximum atomic E-state index is 12.6. The van der Waals surface area contributed by atoms with Crippen LogP contribution in [-0.4, -0.2) is 43.6 Å². The highest BCUT2D eigenvalue weighted by Gasteiger charge is 2.25. The average Bonchev–Trinajstić information content (AvgIpc) is 2.82. The van der Waals surface area contributed by atoms with Crippen LogP contribution in [0.15, 0.2) is 94.9 Å². The number of carbonyl (C=O) groups excluding carboxylic acids is 1. The Balaban J connectivity index is 1.70. The maximum Gasteiger partial charge on any atom is 0.276 e. The van der Waals surface area contributed by atoms with E-state index in [1.165, 1.54) is 36.4 Å². The molecule has 33 heavy (non-hydrogen) atoms. The summed E-state index contributed by atoms with van der Waals surface area (Å²) in [7, 11) is -4.72. The second kappa shape index (κ2) is 10.7. The van der Waals surface area contributed by atoms with E-state index in [2.05, 4.69) is 9.98 Å². The molecule has 0 fully saturated rings. The Morgan fingerprint density at radius 3 is 1.97 bits per heavy atom. The molecule has 0 radical (unpaired) electrons. The minimum absolute atomic E-state index is 0.0849. The van der Waals surface area contributed by atoms with Gasteiger partial charge in [-0.1, -0.05) is 78.9 Å². The van der Waals surface area contributed by atoms with Gasteiger partial charge in [-0.15, -0.1) is 0 Å². The van der Waals surface area contributed by atoms with Gasteiger partial charge in [-0.2, -0.15) is 8.42 Å². The predicted molar refractivity (Wildman–Crippen MR) is 121 cm³/mol. The van der Waals surface area contributed by atoms with Crippen molar-refractivity contribution in [3.63, 3.8) is 0 Å². The van der Waals surface area contributed by atoms with Gasteiger partial charge in [0.2, 0.25) is 0 Å². The number of aliphatic imine (C=N–C) groups is 2. The molecule has 170 valence electrons. The Bertz CT molecular complexity index is 1270. The van der Waals surface area contributed by atoms with Gasteiger partial charge in [0.05, 0.1) is 13.1 Å². The smallest absolute Gasteiger partial charge is 0.276 e. The highest BCUT2D eigenvalue weighted by atomic mass is 32.2. The molecule has 0 aliphatic heterocycles. The molecule has 0 heterocycles. The summed E-state index contributed by atoms with van der Waals surface area (Å²) in [4.78, 5) is 20.0. The normalized spacial score (nSPS) is 13.5. The predicted octanol–water partition coefficient (Wildman–Crippen LogP) is 1.41. The lowest BCUT2D eigenvalue weighted by Gasteiger charge is -2.21. The first-order valence-corrected chi connectivity index (χ1v) is 11.4. The van der Waals surface area contributed by atoms with E-state index in [9.17, 15) is 28.0 Å². The molecular formula is C24H20N2O6S-2. The largest absolute Gasteiger partial charge is 0.861 e. The molecule has 0 bridgehead atoms. The third-order valence-corrected chi connectivity index (χ3v) is 5.72. The minimum atomic E-state index is -4.72. The first-order chi connectivity index (χ1) is 15.8. The van der Waals surface area contributed by atoms with Gasteiger partial charge in [-0.25, -0.2) is 0 Å². The number of rotatable bonds is 9. The lowest BCUT2D eigenvalue weighted by molar-refractivity contribution is -0.219. The van der Waals surface area contributed by atoms with Crippen LogP contribution in [0.2, 0.25) is 0 Å². The standard InChI is InChI=1S/C24H22N2O6S/c27-21(17-8-3-1-4-9-17)19-12-7-13-20(16-19)23(28)25-14-15-26-24(29)22(33(30,31)32)18-10-5-2-6-11-18/h1-13,16,22H,14-15H2,(H,25,28)(H,26,29)(H,30,31,32)/p-2. The van der Waals surface area contributed by atoms with Crippen molar-refractivity contribution in [2.45, 2.75) is 5.25 Å². The van der Waals surface area contributed by atoms with Crippen LogP contribution in [0, 0.1) is 0 Å². The molecule has 0 aromatic heterocycles. The molecule has 9 heteroatoms. The first kappa shape index (κ1) is 23.8. The molecule has 1 unspecified atom stereocenters. The van der Waals surface area contributed by atoms with E-state index < -0.39 is 27.2 Å². The molecular weight excluding hydrogens is 444 g/mol. The van der Waals surface area contributed by atoms with E-state index in [-0.39, 0.29) is 30.0 Å². The van der Waals surface area contributed by atoms with Crippen LogP contribution in [0.1, 0.15) is 32.3 Å². The van der Waals surface area contributed by atoms with E-state index in [0.29, 0.717) is 11.1 Å². The zero-order valence-corrected chi connectivity index (χ0v) is 18.2. The van der Waals surface area contributed by atoms with Crippen molar-refractivity contribution in [2.75, 3.05) is 13.1 Å². The van der Waals surface area contributed by atoms with Crippen LogP contribution < -0.4 is 10.2 Å². The van der Waals surface area contributed by atoms with E-state index in [4.69, 9.17) is 0 Å². The van der Waals surface area contributed by atoms with Crippen LogP contribution in [0.5, 0.6) is 0 Å². The van der Waals surface area contributed by atoms with Crippen LogP contribution in [0.3, 0.4) is 0 Å². The minimum Gasteiger partial charge on any atom is -0.861 e. The van der Waals surface area contributed by atoms with Crippen LogP contribution in [0.4, 0.5) is 0 Å². The van der Waals surface area contributed by atoms with Gasteiger partial charge in [0, 0.05) is 11.1 Å². The van der Waals surface area contributed by atoms with Crippen molar-refractivity contribution >= 4 is 27.7 Å². The molecule has 0 amide bonds. The Morgan fingerprint density at radius 2 is 1.33 bits per heavy atom. The first-order valence-electron chi connectivity index (χ1n) is 9.91. The summed E-state index contributed by atoms with van der Waals surface area (Å²) in [5.41, 5.74) is 1.11. The molecule has 0 spiro atoms. The monoisotopic (exact) mass is 464 g/mol. The second-order valence-electron chi connectivity index (χ2n) is 6.99. The van der Waals surface area contributed by atoms with Crippen molar-refractivity contribution in [2.24, 2.45) is 9.98 Å². The van der Waals surface area contributed by atoms with Gasteiger partial charge >= 0.3 is 0 Å². The number of nitrogens with zero attached hydrogens (tertiary/aromatic N) is 2. The fraction of sp³-hybridized carbons (Fsp3) is 0.125. The Hall–Kier alpha value is -3.82. The Labute approximate surface area is 191 Å². The highest BCUT2D eigenvalue weighted by Crippen LogP contribution is 2.21. The fourth-order valence-electron chi connectivity index (χ4n) is 3.11. The SMILES string of the molecule is O=C(c1ccccc1)c1cccc(C([O-])=NCCN=C([O-])C(c2ccccc2)S(=O)(=O)O)c1. The van der Waals surface area contributed by atoms with Gasteiger partial charge < -0.3 is 15.2 Å². The van der Waals surface area contributed by atoms with Gasteiger partial charge in [0.25, 0.3) is 10.1 Å². The molecule has 3 aromatic carbocycles. The highest BCUT2D eigenvalue weighted by molar-refractivity contribution is 7.86. The molecule has 1 N–H and O–H groups in total. The van der Waals surface area contributed by atoms with Gasteiger partial charge in [0.1, 0.15) is 5.25 Å². The van der Waals surface area contributed by atoms with E-state index in [1.54, 1.807) is 48.5 Å². The summed E-state index contributed by atoms with van der Waals surface area (Å²) in [6.07, 6.45) is 0. The van der Waals surface area contributed by atoms with Crippen LogP contribution in [-0.2, 0) is 10.1 Å². The summed E-state index contributed by atoms with van der Waals surface area (Å²) < 4.78 is 32.8. The number of carbonyl (C=O) groups is 1. The molecule has 3 aromatic rings. The lowest BCUT2D eigenvalue weighted by Crippen LogP contribution is -2.32. The van der Waals surface area contributed by atoms with Gasteiger partial charge in [-0.3, -0.25) is 14.3 Å². The molecule has 8 nitrogen and oxygen atoms in total. The van der Waals surface area contributed by atoms with Gasteiger partial charge in [-0.05, 0) is 29.0 Å². The molecule has 0 aliphatic rings. The number of ketones is 1. The molecule has 0 saturated carbocycles. The van der Waals surface area contributed by atoms with Crippen LogP contribution in [0.25, 0.3) is 0 Å². The van der Waals surface area contributed by atoms with Gasteiger partial charge in [0.15, 0.2) is 5.78 Å². The van der Waals surface area contributed by atoms with Crippen molar-refractivity contribution in [3.8, 4) is 0 Å². The van der Waals surface area contributed by atoms with E-state index >= 15 is 0 Å². The molecule has 1 atom stereocenters. The molecule has 0 saturated heterocycles. The van der Waals surface area contributed by atoms with Crippen molar-refractivity contribution < 1.29 is 28.0 Å². The van der Waals surface area contributed by atoms with E-state index in [1.807, 2.05) is 0 Å². The van der Waals surface area contributed by atoms with Crippen LogP contribution >= 0.6 is 0 Å². The quantitative estimate of drug-likeness (QED) is 0.167. The zero-order chi connectivity index (χ0) is 23.8. The summed E-state index contributed by atoms with van der Waals surface area (Å²) in [5, 5.41) is 22.8. The Kier molecular flexibility index (Phi) is 7.70. The third-order valence-electron chi connectivity index (χ3n) is 4.66. The van der Waals surface area contributed by atoms with E-state index in [0.717, 1.165) is 0 Å². The molecule has 0 aliphatic carbocycles. The topological polar surface area (TPSA) is 142 Å². The maximum absolute atomic E-state index is 12.6. The summed E-state index contributed by atoms with van der Waals surface area (Å²) in [6, 6.07) is 22.2. The number of hydrogen-bond acceptors (Lipinski definition) is 7. The fourth-order valence-corrected chi connectivity index (χ4v) is 3.94. The van der Waals surface area contributed by atoms with Crippen molar-refractivity contribution in [3.05, 3.63) is 107 Å². The summed E-state index contributed by atoms with van der Waals surface area (Å²) >= 11 is 0. The Morgan fingerprint density at radius 1 is 0.788 bits per heavy atom. The van der Waals surface area contributed by atoms with Crippen molar-refractivity contribution in [1.29, 1.82) is 0 Å². The number of hydrogen-bond donors (Lipinski definition) is 1.